The lowest BCUT2D eigenvalue weighted by atomic mass is 9.78. The van der Waals surface area contributed by atoms with E-state index in [9.17, 15) is 28.8 Å². The van der Waals surface area contributed by atoms with Crippen LogP contribution in [-0.4, -0.2) is 74.3 Å². The van der Waals surface area contributed by atoms with Crippen molar-refractivity contribution >= 4 is 52.9 Å². The Labute approximate surface area is 297 Å². The fraction of sp³-hybridized carbons (Fsp3) is 0.500. The van der Waals surface area contributed by atoms with Gasteiger partial charge in [0.2, 0.25) is 29.5 Å². The summed E-state index contributed by atoms with van der Waals surface area (Å²) in [6.45, 7) is 0.777. The zero-order valence-electron chi connectivity index (χ0n) is 28.5. The Hall–Kier alpha value is -4.65. The first-order valence-electron chi connectivity index (χ1n) is 17.3. The molecule has 0 unspecified atom stereocenters. The minimum atomic E-state index is -0.987. The lowest BCUT2D eigenvalue weighted by Crippen LogP contribution is -2.51. The van der Waals surface area contributed by atoms with Gasteiger partial charge < -0.3 is 37.2 Å². The van der Waals surface area contributed by atoms with E-state index in [0.29, 0.717) is 34.9 Å². The summed E-state index contributed by atoms with van der Waals surface area (Å²) in [7, 11) is 1.46. The minimum absolute atomic E-state index is 0.0739. The number of halogens is 1. The maximum atomic E-state index is 13.5. The summed E-state index contributed by atoms with van der Waals surface area (Å²) < 4.78 is 0. The summed E-state index contributed by atoms with van der Waals surface area (Å²) in [5, 5.41) is 19.7. The molecule has 7 amide bonds. The van der Waals surface area contributed by atoms with Gasteiger partial charge in [0.25, 0.3) is 0 Å². The van der Waals surface area contributed by atoms with Crippen LogP contribution in [0.4, 0.5) is 10.5 Å². The lowest BCUT2D eigenvalue weighted by molar-refractivity contribution is -0.132. The molecule has 0 radical (unpaired) electrons. The van der Waals surface area contributed by atoms with E-state index in [1.54, 1.807) is 48.5 Å². The number of hydrogen-bond donors (Lipinski definition) is 7. The van der Waals surface area contributed by atoms with Crippen LogP contribution in [0.5, 0.6) is 0 Å². The maximum absolute atomic E-state index is 13.5. The monoisotopic (exact) mass is 709 g/mol. The molecule has 2 aromatic carbocycles. The van der Waals surface area contributed by atoms with Gasteiger partial charge in [0.1, 0.15) is 12.1 Å². The second kappa shape index (κ2) is 18.9. The van der Waals surface area contributed by atoms with Gasteiger partial charge in [-0.2, -0.15) is 0 Å². The van der Waals surface area contributed by atoms with Crippen molar-refractivity contribution in [3.63, 3.8) is 0 Å². The molecule has 2 aliphatic rings. The molecule has 50 heavy (non-hydrogen) atoms. The first-order chi connectivity index (χ1) is 24.1. The predicted octanol–water partition coefficient (Wildman–Crippen LogP) is 2.72. The number of urea groups is 1. The van der Waals surface area contributed by atoms with Crippen molar-refractivity contribution in [2.45, 2.75) is 82.7 Å². The SMILES string of the molecule is CNC(=O)N[C@@H](Cc1ccccc1Cl)C(=O)Nc1ccc(C[C@H]2NC(=O)CC3(CCCC3)CC(=O)NCCCCCNC(=O)CNC2=O)cc1. The highest BCUT2D eigenvalue weighted by atomic mass is 35.5. The number of carbonyl (C=O) groups excluding carboxylic acids is 6. The summed E-state index contributed by atoms with van der Waals surface area (Å²) in [4.78, 5) is 77.4. The van der Waals surface area contributed by atoms with E-state index in [-0.39, 0.29) is 49.9 Å². The Morgan fingerprint density at radius 3 is 2.18 bits per heavy atom. The van der Waals surface area contributed by atoms with Crippen LogP contribution in [0.1, 0.15) is 68.9 Å². The zero-order chi connectivity index (χ0) is 35.9. The van der Waals surface area contributed by atoms with E-state index in [1.165, 1.54) is 7.05 Å². The molecule has 1 heterocycles. The highest BCUT2D eigenvalue weighted by molar-refractivity contribution is 6.31. The van der Waals surface area contributed by atoms with Crippen molar-refractivity contribution in [1.29, 1.82) is 0 Å². The standard InChI is InChI=1S/C36H48ClN7O6/c1-38-35(50)44-29(20-25-9-3-4-10-27(25)37)34(49)42-26-13-11-24(12-14-26)19-28-33(48)41-23-32(47)40-18-8-2-7-17-39-30(45)21-36(15-5-6-16-36)22-31(46)43-28/h3-4,9-14,28-29H,2,5-8,15-23H2,1H3,(H,39,45)(H,40,47)(H,41,48)(H,42,49)(H,43,46)(H2,38,44,50)/t28-,29+/m1/s1. The molecule has 1 aliphatic heterocycles. The van der Waals surface area contributed by atoms with Crippen LogP contribution in [0.3, 0.4) is 0 Å². The molecule has 4 rings (SSSR count). The van der Waals surface area contributed by atoms with Crippen LogP contribution in [0, 0.1) is 5.41 Å². The molecular formula is C36H48ClN7O6. The molecule has 13 nitrogen and oxygen atoms in total. The number of rotatable bonds is 7. The number of benzene rings is 2. The Bertz CT molecular complexity index is 1510. The van der Waals surface area contributed by atoms with Crippen molar-refractivity contribution in [1.82, 2.24) is 31.9 Å². The second-order valence-corrected chi connectivity index (χ2v) is 13.5. The van der Waals surface area contributed by atoms with Gasteiger partial charge in [-0.05, 0) is 66.8 Å². The molecule has 0 aromatic heterocycles. The number of nitrogens with one attached hydrogen (secondary N) is 7. The average Bonchev–Trinajstić information content (AvgIpc) is 3.54. The van der Waals surface area contributed by atoms with Crippen LogP contribution in [0.25, 0.3) is 0 Å². The van der Waals surface area contributed by atoms with E-state index in [1.807, 2.05) is 0 Å². The van der Waals surface area contributed by atoms with E-state index < -0.39 is 35.3 Å². The molecular weight excluding hydrogens is 662 g/mol. The van der Waals surface area contributed by atoms with Crippen molar-refractivity contribution in [2.75, 3.05) is 32.0 Å². The van der Waals surface area contributed by atoms with Crippen LogP contribution >= 0.6 is 11.6 Å². The summed E-state index contributed by atoms with van der Waals surface area (Å²) in [6, 6.07) is 11.4. The van der Waals surface area contributed by atoms with Gasteiger partial charge in [-0.25, -0.2) is 4.79 Å². The Morgan fingerprint density at radius 1 is 0.840 bits per heavy atom. The molecule has 2 atom stereocenters. The molecule has 1 spiro atoms. The first kappa shape index (κ1) is 38.2. The molecule has 1 aliphatic carbocycles. The Morgan fingerprint density at radius 2 is 1.50 bits per heavy atom. The third-order valence-corrected chi connectivity index (χ3v) is 9.57. The molecule has 14 heteroatoms. The highest BCUT2D eigenvalue weighted by Crippen LogP contribution is 2.44. The topological polar surface area (TPSA) is 187 Å². The van der Waals surface area contributed by atoms with E-state index >= 15 is 0 Å². The van der Waals surface area contributed by atoms with Crippen molar-refractivity contribution in [3.05, 3.63) is 64.7 Å². The van der Waals surface area contributed by atoms with Crippen LogP contribution in [-0.2, 0) is 36.8 Å². The predicted molar refractivity (Wildman–Crippen MR) is 190 cm³/mol. The summed E-state index contributed by atoms with van der Waals surface area (Å²) >= 11 is 6.30. The zero-order valence-corrected chi connectivity index (χ0v) is 29.3. The van der Waals surface area contributed by atoms with Crippen LogP contribution < -0.4 is 37.2 Å². The molecule has 1 saturated heterocycles. The second-order valence-electron chi connectivity index (χ2n) is 13.1. The molecule has 2 aromatic rings. The summed E-state index contributed by atoms with van der Waals surface area (Å²) in [5.41, 5.74) is 1.39. The van der Waals surface area contributed by atoms with Gasteiger partial charge in [0, 0.05) is 56.5 Å². The summed E-state index contributed by atoms with van der Waals surface area (Å²) in [6.07, 6.45) is 6.43. The van der Waals surface area contributed by atoms with Gasteiger partial charge in [-0.3, -0.25) is 24.0 Å². The number of anilines is 1. The quantitative estimate of drug-likeness (QED) is 0.232. The molecule has 2 fully saturated rings. The smallest absolute Gasteiger partial charge is 0.315 e. The maximum Gasteiger partial charge on any atom is 0.315 e. The van der Waals surface area contributed by atoms with Gasteiger partial charge >= 0.3 is 6.03 Å². The first-order valence-corrected chi connectivity index (χ1v) is 17.7. The normalized spacial score (nSPS) is 19.8. The Kier molecular flexibility index (Phi) is 14.4. The van der Waals surface area contributed by atoms with Crippen LogP contribution in [0.2, 0.25) is 5.02 Å². The van der Waals surface area contributed by atoms with Crippen molar-refractivity contribution in [3.8, 4) is 0 Å². The Balaban J connectivity index is 1.46. The van der Waals surface area contributed by atoms with Crippen LogP contribution in [0.15, 0.2) is 48.5 Å². The fourth-order valence-corrected chi connectivity index (χ4v) is 6.70. The van der Waals surface area contributed by atoms with Crippen molar-refractivity contribution < 1.29 is 28.8 Å². The van der Waals surface area contributed by atoms with Crippen molar-refractivity contribution in [2.24, 2.45) is 5.41 Å². The van der Waals surface area contributed by atoms with E-state index in [2.05, 4.69) is 37.2 Å². The third-order valence-electron chi connectivity index (χ3n) is 9.20. The average molecular weight is 710 g/mol. The highest BCUT2D eigenvalue weighted by Gasteiger charge is 2.38. The van der Waals surface area contributed by atoms with E-state index in [0.717, 1.165) is 44.9 Å². The molecule has 1 saturated carbocycles. The molecule has 270 valence electrons. The van der Waals surface area contributed by atoms with Gasteiger partial charge in [-0.1, -0.05) is 54.8 Å². The van der Waals surface area contributed by atoms with Gasteiger partial charge in [0.15, 0.2) is 0 Å². The fourth-order valence-electron chi connectivity index (χ4n) is 6.49. The number of amides is 7. The minimum Gasteiger partial charge on any atom is -0.356 e. The molecule has 0 bridgehead atoms. The summed E-state index contributed by atoms with van der Waals surface area (Å²) in [5.74, 6) is -1.70. The van der Waals surface area contributed by atoms with Gasteiger partial charge in [0.05, 0.1) is 6.54 Å². The third kappa shape index (κ3) is 12.0. The number of hydrogen-bond acceptors (Lipinski definition) is 6. The van der Waals surface area contributed by atoms with E-state index in [4.69, 9.17) is 11.6 Å². The number of carbonyl (C=O) groups is 6. The largest absolute Gasteiger partial charge is 0.356 e. The van der Waals surface area contributed by atoms with Gasteiger partial charge in [-0.15, -0.1) is 0 Å². The molecule has 7 N–H and O–H groups in total. The lowest BCUT2D eigenvalue weighted by Gasteiger charge is -2.29.